The summed E-state index contributed by atoms with van der Waals surface area (Å²) in [7, 11) is 0. The second-order valence-electron chi connectivity index (χ2n) is 7.45. The fraction of sp³-hybridized carbons (Fsp3) is 0.450. The van der Waals surface area contributed by atoms with Crippen LogP contribution in [0, 0.1) is 5.92 Å². The van der Waals surface area contributed by atoms with Gasteiger partial charge in [-0.3, -0.25) is 9.80 Å². The number of aromatic nitrogens is 1. The van der Waals surface area contributed by atoms with Crippen LogP contribution in [0.4, 0.5) is 0 Å². The summed E-state index contributed by atoms with van der Waals surface area (Å²) in [6.45, 7) is 5.46. The highest BCUT2D eigenvalue weighted by atomic mass is 32.1. The lowest BCUT2D eigenvalue weighted by molar-refractivity contribution is 0.115. The number of rotatable bonds is 4. The highest BCUT2D eigenvalue weighted by Gasteiger charge is 2.35. The lowest BCUT2D eigenvalue weighted by atomic mass is 9.95. The van der Waals surface area contributed by atoms with E-state index in [-0.39, 0.29) is 0 Å². The smallest absolute Gasteiger partial charge is 0.134 e. The van der Waals surface area contributed by atoms with E-state index in [0.29, 0.717) is 6.04 Å². The maximum Gasteiger partial charge on any atom is 0.134 e. The number of furan rings is 1. The third-order valence-corrected chi connectivity index (χ3v) is 6.24. The Kier molecular flexibility index (Phi) is 4.08. The summed E-state index contributed by atoms with van der Waals surface area (Å²) in [5.74, 6) is 1.86. The van der Waals surface area contributed by atoms with Gasteiger partial charge in [0.1, 0.15) is 11.3 Å². The van der Waals surface area contributed by atoms with Gasteiger partial charge >= 0.3 is 0 Å². The molecule has 0 saturated carbocycles. The molecule has 25 heavy (non-hydrogen) atoms. The minimum Gasteiger partial charge on any atom is -0.460 e. The molecule has 3 saturated heterocycles. The Labute approximate surface area is 152 Å². The summed E-state index contributed by atoms with van der Waals surface area (Å²) >= 11 is 1.69. The molecule has 0 N–H and O–H groups in total. The van der Waals surface area contributed by atoms with Gasteiger partial charge in [0.05, 0.1) is 17.7 Å². The van der Waals surface area contributed by atoms with Crippen molar-refractivity contribution in [3.8, 4) is 0 Å². The largest absolute Gasteiger partial charge is 0.460 e. The van der Waals surface area contributed by atoms with Gasteiger partial charge in [-0.2, -0.15) is 0 Å². The van der Waals surface area contributed by atoms with E-state index in [2.05, 4.69) is 44.4 Å². The molecule has 2 bridgehead atoms. The fourth-order valence-electron chi connectivity index (χ4n) is 4.46. The topological polar surface area (TPSA) is 32.5 Å². The Balaban J connectivity index is 1.31. The van der Waals surface area contributed by atoms with Gasteiger partial charge < -0.3 is 4.42 Å². The summed E-state index contributed by atoms with van der Waals surface area (Å²) in [6, 6.07) is 11.1. The van der Waals surface area contributed by atoms with E-state index in [0.717, 1.165) is 36.9 Å². The molecule has 0 amide bonds. The van der Waals surface area contributed by atoms with Crippen LogP contribution in [-0.4, -0.2) is 40.5 Å². The van der Waals surface area contributed by atoms with Gasteiger partial charge in [0.2, 0.25) is 0 Å². The summed E-state index contributed by atoms with van der Waals surface area (Å²) in [6.07, 6.45) is 2.66. The van der Waals surface area contributed by atoms with Gasteiger partial charge in [-0.25, -0.2) is 4.98 Å². The SMILES string of the molecule is c1ccc2oc(CN3CC4CCC3CN(Cc3cscn3)C4)cc2c1. The number of benzene rings is 1. The number of hydrogen-bond acceptors (Lipinski definition) is 5. The number of fused-ring (bicyclic) bond motifs is 5. The van der Waals surface area contributed by atoms with Gasteiger partial charge in [0, 0.05) is 43.0 Å². The summed E-state index contributed by atoms with van der Waals surface area (Å²) in [4.78, 5) is 9.72. The van der Waals surface area contributed by atoms with E-state index in [1.54, 1.807) is 11.3 Å². The number of piperidine rings is 1. The highest BCUT2D eigenvalue weighted by Crippen LogP contribution is 2.31. The monoisotopic (exact) mass is 353 g/mol. The van der Waals surface area contributed by atoms with Crippen LogP contribution in [0.2, 0.25) is 0 Å². The molecule has 2 aromatic heterocycles. The molecule has 0 radical (unpaired) electrons. The summed E-state index contributed by atoms with van der Waals surface area (Å²) in [5, 5.41) is 3.39. The third-order valence-electron chi connectivity index (χ3n) is 5.61. The van der Waals surface area contributed by atoms with Crippen LogP contribution in [0.3, 0.4) is 0 Å². The van der Waals surface area contributed by atoms with Crippen LogP contribution in [0.1, 0.15) is 24.3 Å². The van der Waals surface area contributed by atoms with Crippen molar-refractivity contribution in [2.75, 3.05) is 19.6 Å². The molecule has 130 valence electrons. The zero-order valence-electron chi connectivity index (χ0n) is 14.3. The minimum atomic E-state index is 0.630. The van der Waals surface area contributed by atoms with Gasteiger partial charge in [-0.05, 0) is 30.9 Å². The first-order valence-corrected chi connectivity index (χ1v) is 10.1. The Hall–Kier alpha value is -1.69. The molecule has 1 aromatic carbocycles. The molecule has 0 spiro atoms. The first-order valence-electron chi connectivity index (χ1n) is 9.14. The van der Waals surface area contributed by atoms with Crippen molar-refractivity contribution in [1.82, 2.24) is 14.8 Å². The Morgan fingerprint density at radius 2 is 2.08 bits per heavy atom. The molecule has 3 aromatic rings. The first kappa shape index (κ1) is 15.6. The van der Waals surface area contributed by atoms with Crippen LogP contribution < -0.4 is 0 Å². The van der Waals surface area contributed by atoms with Gasteiger partial charge in [0.15, 0.2) is 0 Å². The van der Waals surface area contributed by atoms with Crippen molar-refractivity contribution in [2.45, 2.75) is 32.0 Å². The van der Waals surface area contributed by atoms with E-state index >= 15 is 0 Å². The number of para-hydroxylation sites is 1. The van der Waals surface area contributed by atoms with Gasteiger partial charge in [-0.15, -0.1) is 11.3 Å². The molecular formula is C20H23N3OS. The predicted octanol–water partition coefficient (Wildman–Crippen LogP) is 3.99. The molecule has 4 nitrogen and oxygen atoms in total. The van der Waals surface area contributed by atoms with Crippen molar-refractivity contribution in [3.05, 3.63) is 52.7 Å². The molecular weight excluding hydrogens is 330 g/mol. The van der Waals surface area contributed by atoms with Crippen LogP contribution in [-0.2, 0) is 13.1 Å². The average molecular weight is 353 g/mol. The number of hydrogen-bond donors (Lipinski definition) is 0. The summed E-state index contributed by atoms with van der Waals surface area (Å²) in [5.41, 5.74) is 4.16. The third kappa shape index (κ3) is 3.24. The van der Waals surface area contributed by atoms with Crippen LogP contribution in [0.5, 0.6) is 0 Å². The fourth-order valence-corrected chi connectivity index (χ4v) is 5.01. The molecule has 6 rings (SSSR count). The van der Waals surface area contributed by atoms with Crippen molar-refractivity contribution in [2.24, 2.45) is 5.92 Å². The molecule has 5 heterocycles. The summed E-state index contributed by atoms with van der Waals surface area (Å²) < 4.78 is 6.07. The van der Waals surface area contributed by atoms with Crippen molar-refractivity contribution in [1.29, 1.82) is 0 Å². The van der Waals surface area contributed by atoms with Gasteiger partial charge in [-0.1, -0.05) is 18.2 Å². The zero-order valence-corrected chi connectivity index (χ0v) is 15.1. The maximum absolute atomic E-state index is 6.07. The molecule has 3 aliphatic rings. The van der Waals surface area contributed by atoms with E-state index < -0.39 is 0 Å². The van der Waals surface area contributed by atoms with Crippen molar-refractivity contribution >= 4 is 22.3 Å². The molecule has 3 aliphatic heterocycles. The normalized spacial score (nSPS) is 24.8. The first-order chi connectivity index (χ1) is 12.3. The minimum absolute atomic E-state index is 0.630. The zero-order chi connectivity index (χ0) is 16.6. The maximum atomic E-state index is 6.07. The van der Waals surface area contributed by atoms with Crippen LogP contribution in [0.25, 0.3) is 11.0 Å². The lowest BCUT2D eigenvalue weighted by Gasteiger charge is -2.35. The molecule has 3 fully saturated rings. The lowest BCUT2D eigenvalue weighted by Crippen LogP contribution is -2.43. The second-order valence-corrected chi connectivity index (χ2v) is 8.17. The quantitative estimate of drug-likeness (QED) is 0.710. The predicted molar refractivity (Wildman–Crippen MR) is 101 cm³/mol. The Morgan fingerprint density at radius 1 is 1.12 bits per heavy atom. The highest BCUT2D eigenvalue weighted by molar-refractivity contribution is 7.07. The van der Waals surface area contributed by atoms with Crippen LogP contribution >= 0.6 is 11.3 Å². The average Bonchev–Trinajstić information content (AvgIpc) is 3.18. The number of thiazole rings is 1. The van der Waals surface area contributed by atoms with Crippen molar-refractivity contribution < 1.29 is 4.42 Å². The van der Waals surface area contributed by atoms with Gasteiger partial charge in [0.25, 0.3) is 0 Å². The molecule has 2 atom stereocenters. The van der Waals surface area contributed by atoms with E-state index in [4.69, 9.17) is 4.42 Å². The van der Waals surface area contributed by atoms with Crippen molar-refractivity contribution in [3.63, 3.8) is 0 Å². The standard InChI is InChI=1S/C20H23N3OS/c1-2-4-20-16(3-1)7-19(24-20)12-23-9-15-5-6-18(23)11-22(8-15)10-17-13-25-14-21-17/h1-4,7,13-15,18H,5-6,8-12H2. The van der Waals surface area contributed by atoms with E-state index in [9.17, 15) is 0 Å². The van der Waals surface area contributed by atoms with Crippen LogP contribution in [0.15, 0.2) is 45.6 Å². The second kappa shape index (κ2) is 6.56. The molecule has 5 heteroatoms. The van der Waals surface area contributed by atoms with E-state index in [1.165, 1.54) is 37.0 Å². The molecule has 2 unspecified atom stereocenters. The number of nitrogens with zero attached hydrogens (tertiary/aromatic N) is 3. The van der Waals surface area contributed by atoms with E-state index in [1.807, 2.05) is 11.6 Å². The Morgan fingerprint density at radius 3 is 2.96 bits per heavy atom. The molecule has 0 aliphatic carbocycles. The Bertz CT molecular complexity index is 811.